The number of hydrogen-bond donors (Lipinski definition) is 1. The number of carbonyl (C=O) groups excluding carboxylic acids is 1. The van der Waals surface area contributed by atoms with Crippen molar-refractivity contribution in [2.75, 3.05) is 4.72 Å². The van der Waals surface area contributed by atoms with E-state index in [-0.39, 0.29) is 46.9 Å². The third-order valence-corrected chi connectivity index (χ3v) is 9.93. The van der Waals surface area contributed by atoms with Gasteiger partial charge in [0.2, 0.25) is 10.0 Å². The molecule has 31 heavy (non-hydrogen) atoms. The zero-order valence-electron chi connectivity index (χ0n) is 18.0. The molecule has 8 heteroatoms. The average molecular weight is 461 g/mol. The van der Waals surface area contributed by atoms with E-state index in [9.17, 15) is 13.2 Å². The summed E-state index contributed by atoms with van der Waals surface area (Å²) in [5.74, 6) is 0.402. The Labute approximate surface area is 187 Å². The highest BCUT2D eigenvalue weighted by atomic mass is 32.2. The SMILES string of the molecule is C[C@@H]1C(=O)O[C@@H]2[C@H]1CC[C@]1(C)Cc3sc(NS(=O)(=O)Cc4ccccc4)nc3[C@H](C)[C@H]21. The Morgan fingerprint density at radius 2 is 1.97 bits per heavy atom. The third-order valence-electron chi connectivity index (χ3n) is 7.60. The number of ether oxygens (including phenoxy) is 1. The fourth-order valence-corrected chi connectivity index (χ4v) is 8.76. The summed E-state index contributed by atoms with van der Waals surface area (Å²) in [6, 6.07) is 9.15. The summed E-state index contributed by atoms with van der Waals surface area (Å²) in [7, 11) is -3.55. The van der Waals surface area contributed by atoms with Crippen LogP contribution in [0.2, 0.25) is 0 Å². The van der Waals surface area contributed by atoms with Crippen molar-refractivity contribution in [2.24, 2.45) is 23.2 Å². The van der Waals surface area contributed by atoms with Gasteiger partial charge in [0.1, 0.15) is 6.10 Å². The number of anilines is 1. The molecule has 2 aliphatic carbocycles. The Kier molecular flexibility index (Phi) is 4.93. The number of benzene rings is 1. The molecule has 1 saturated carbocycles. The van der Waals surface area contributed by atoms with Crippen LogP contribution in [0.15, 0.2) is 30.3 Å². The lowest BCUT2D eigenvalue weighted by Gasteiger charge is -2.51. The van der Waals surface area contributed by atoms with E-state index in [0.717, 1.165) is 35.4 Å². The molecule has 1 saturated heterocycles. The van der Waals surface area contributed by atoms with Gasteiger partial charge in [0, 0.05) is 22.6 Å². The van der Waals surface area contributed by atoms with Gasteiger partial charge in [0.25, 0.3) is 0 Å². The smallest absolute Gasteiger partial charge is 0.309 e. The van der Waals surface area contributed by atoms with Gasteiger partial charge in [0.15, 0.2) is 5.13 Å². The number of carbonyl (C=O) groups is 1. The second kappa shape index (κ2) is 7.30. The zero-order valence-corrected chi connectivity index (χ0v) is 19.6. The van der Waals surface area contributed by atoms with Crippen LogP contribution in [0.1, 0.15) is 55.7 Å². The largest absolute Gasteiger partial charge is 0.461 e. The molecule has 1 aromatic heterocycles. The first-order valence-corrected chi connectivity index (χ1v) is 13.4. The van der Waals surface area contributed by atoms with Crippen molar-refractivity contribution in [1.29, 1.82) is 0 Å². The molecule has 0 spiro atoms. The number of hydrogen-bond acceptors (Lipinski definition) is 6. The van der Waals surface area contributed by atoms with E-state index < -0.39 is 10.0 Å². The molecular formula is C23H28N2O4S2. The third kappa shape index (κ3) is 3.57. The highest BCUT2D eigenvalue weighted by Crippen LogP contribution is 2.59. The lowest BCUT2D eigenvalue weighted by molar-refractivity contribution is -0.149. The van der Waals surface area contributed by atoms with E-state index >= 15 is 0 Å². The fourth-order valence-electron chi connectivity index (χ4n) is 6.09. The van der Waals surface area contributed by atoms with Gasteiger partial charge in [-0.05, 0) is 30.2 Å². The van der Waals surface area contributed by atoms with Crippen LogP contribution in [0.25, 0.3) is 0 Å². The van der Waals surface area contributed by atoms with Crippen molar-refractivity contribution in [3.05, 3.63) is 46.5 Å². The summed E-state index contributed by atoms with van der Waals surface area (Å²) in [6.07, 6.45) is 2.84. The van der Waals surface area contributed by atoms with E-state index in [0.29, 0.717) is 5.13 Å². The van der Waals surface area contributed by atoms with Gasteiger partial charge in [-0.15, -0.1) is 11.3 Å². The van der Waals surface area contributed by atoms with Crippen molar-refractivity contribution in [3.8, 4) is 0 Å². The first kappa shape index (κ1) is 20.9. The van der Waals surface area contributed by atoms with Crippen LogP contribution in [0.4, 0.5) is 5.13 Å². The van der Waals surface area contributed by atoms with Crippen LogP contribution < -0.4 is 4.72 Å². The van der Waals surface area contributed by atoms with Crippen molar-refractivity contribution in [3.63, 3.8) is 0 Å². The molecule has 1 aliphatic heterocycles. The van der Waals surface area contributed by atoms with Crippen LogP contribution in [0, 0.1) is 23.2 Å². The topological polar surface area (TPSA) is 85.4 Å². The summed E-state index contributed by atoms with van der Waals surface area (Å²) >= 11 is 1.45. The van der Waals surface area contributed by atoms with Crippen LogP contribution >= 0.6 is 11.3 Å². The number of rotatable bonds is 4. The van der Waals surface area contributed by atoms with Crippen LogP contribution in [-0.2, 0) is 31.7 Å². The number of thiazole rings is 1. The number of nitrogens with zero attached hydrogens (tertiary/aromatic N) is 1. The van der Waals surface area contributed by atoms with Crippen molar-refractivity contribution >= 4 is 32.5 Å². The molecule has 1 aromatic carbocycles. The molecule has 5 rings (SSSR count). The summed E-state index contributed by atoms with van der Waals surface area (Å²) in [5, 5.41) is 0.434. The molecule has 0 amide bonds. The number of nitrogens with one attached hydrogen (secondary N) is 1. The average Bonchev–Trinajstić information content (AvgIpc) is 3.21. The Balaban J connectivity index is 1.41. The van der Waals surface area contributed by atoms with Crippen LogP contribution in [-0.4, -0.2) is 25.5 Å². The minimum absolute atomic E-state index is 0.0324. The monoisotopic (exact) mass is 460 g/mol. The zero-order chi connectivity index (χ0) is 22.0. The molecule has 2 heterocycles. The predicted octanol–water partition coefficient (Wildman–Crippen LogP) is 4.34. The summed E-state index contributed by atoms with van der Waals surface area (Å²) in [4.78, 5) is 18.1. The summed E-state index contributed by atoms with van der Waals surface area (Å²) < 4.78 is 34.0. The van der Waals surface area contributed by atoms with Gasteiger partial charge < -0.3 is 4.74 Å². The van der Waals surface area contributed by atoms with E-state index in [4.69, 9.17) is 9.72 Å². The second-order valence-corrected chi connectivity index (χ2v) is 12.5. The quantitative estimate of drug-likeness (QED) is 0.686. The van der Waals surface area contributed by atoms with Crippen LogP contribution in [0.5, 0.6) is 0 Å². The lowest BCUT2D eigenvalue weighted by Crippen LogP contribution is -2.50. The van der Waals surface area contributed by atoms with Crippen molar-refractivity contribution in [1.82, 2.24) is 4.98 Å². The predicted molar refractivity (Wildman–Crippen MR) is 120 cm³/mol. The van der Waals surface area contributed by atoms with E-state index in [2.05, 4.69) is 18.6 Å². The molecule has 3 aliphatic rings. The van der Waals surface area contributed by atoms with Crippen LogP contribution in [0.3, 0.4) is 0 Å². The van der Waals surface area contributed by atoms with Crippen molar-refractivity contribution in [2.45, 2.75) is 57.8 Å². The molecular weight excluding hydrogens is 432 g/mol. The first-order valence-electron chi connectivity index (χ1n) is 10.9. The Morgan fingerprint density at radius 3 is 2.71 bits per heavy atom. The van der Waals surface area contributed by atoms with E-state index in [1.165, 1.54) is 11.3 Å². The number of fused-ring (bicyclic) bond motifs is 4. The highest BCUT2D eigenvalue weighted by Gasteiger charge is 2.58. The Bertz CT molecular complexity index is 1110. The van der Waals surface area contributed by atoms with E-state index in [1.807, 2.05) is 25.1 Å². The van der Waals surface area contributed by atoms with Gasteiger partial charge in [0.05, 0.1) is 17.4 Å². The minimum Gasteiger partial charge on any atom is -0.461 e. The molecule has 166 valence electrons. The standard InChI is InChI=1S/C23H28N2O4S2/c1-13-16-9-10-23(3)11-17-19(14(2)18(23)20(16)29-21(13)26)24-22(30-17)25-31(27,28)12-15-7-5-4-6-8-15/h4-8,13-14,16,18,20H,9-12H2,1-3H3,(H,24,25)/t13-,14+,16-,18+,20+,23+/m0/s1. The maximum absolute atomic E-state index is 12.7. The minimum atomic E-state index is -3.55. The second-order valence-electron chi connectivity index (χ2n) is 9.71. The van der Waals surface area contributed by atoms with Crippen molar-refractivity contribution < 1.29 is 17.9 Å². The van der Waals surface area contributed by atoms with Gasteiger partial charge in [-0.25, -0.2) is 13.4 Å². The molecule has 0 radical (unpaired) electrons. The summed E-state index contributed by atoms with van der Waals surface area (Å²) in [6.45, 7) is 6.43. The number of aromatic nitrogens is 1. The summed E-state index contributed by atoms with van der Waals surface area (Å²) in [5.41, 5.74) is 1.73. The van der Waals surface area contributed by atoms with Gasteiger partial charge in [-0.3, -0.25) is 9.52 Å². The highest BCUT2D eigenvalue weighted by molar-refractivity contribution is 7.92. The fraction of sp³-hybridized carbons (Fsp3) is 0.565. The number of sulfonamides is 1. The molecule has 1 N–H and O–H groups in total. The molecule has 6 atom stereocenters. The molecule has 0 unspecified atom stereocenters. The van der Waals surface area contributed by atoms with Gasteiger partial charge in [-0.2, -0.15) is 0 Å². The molecule has 2 fully saturated rings. The maximum atomic E-state index is 12.7. The first-order chi connectivity index (χ1) is 14.7. The maximum Gasteiger partial charge on any atom is 0.309 e. The number of esters is 1. The molecule has 2 aromatic rings. The molecule has 6 nitrogen and oxygen atoms in total. The Hall–Kier alpha value is -1.93. The van der Waals surface area contributed by atoms with Gasteiger partial charge >= 0.3 is 5.97 Å². The lowest BCUT2D eigenvalue weighted by atomic mass is 9.54. The van der Waals surface area contributed by atoms with Gasteiger partial charge in [-0.1, -0.05) is 51.1 Å². The normalized spacial score (nSPS) is 34.4. The Morgan fingerprint density at radius 1 is 1.23 bits per heavy atom. The molecule has 0 bridgehead atoms. The van der Waals surface area contributed by atoms with E-state index in [1.54, 1.807) is 12.1 Å².